The molecule has 0 aliphatic heterocycles. The molecule has 0 aromatic heterocycles. The lowest BCUT2D eigenvalue weighted by Gasteiger charge is -2.08. The van der Waals surface area contributed by atoms with Gasteiger partial charge in [0.25, 0.3) is 0 Å². The SMILES string of the molecule is CCOCCCOc1cc(F)c(N)cc1F. The van der Waals surface area contributed by atoms with Gasteiger partial charge in [0.2, 0.25) is 0 Å². The van der Waals surface area contributed by atoms with Crippen LogP contribution in [0.3, 0.4) is 0 Å². The largest absolute Gasteiger partial charge is 0.490 e. The Morgan fingerprint density at radius 1 is 1.19 bits per heavy atom. The molecule has 1 rings (SSSR count). The molecule has 0 atom stereocenters. The van der Waals surface area contributed by atoms with Crippen molar-refractivity contribution in [2.75, 3.05) is 25.6 Å². The van der Waals surface area contributed by atoms with Crippen molar-refractivity contribution in [3.63, 3.8) is 0 Å². The molecule has 5 heteroatoms. The van der Waals surface area contributed by atoms with E-state index in [-0.39, 0.29) is 18.0 Å². The number of hydrogen-bond donors (Lipinski definition) is 1. The average Bonchev–Trinajstić information content (AvgIpc) is 2.25. The number of ether oxygens (including phenoxy) is 2. The molecular weight excluding hydrogens is 216 g/mol. The van der Waals surface area contributed by atoms with Gasteiger partial charge in [-0.2, -0.15) is 0 Å². The summed E-state index contributed by atoms with van der Waals surface area (Å²) in [4.78, 5) is 0. The number of benzene rings is 1. The molecule has 1 aromatic carbocycles. The minimum absolute atomic E-state index is 0.122. The Bertz CT molecular complexity index is 345. The number of halogens is 2. The zero-order valence-electron chi connectivity index (χ0n) is 9.13. The van der Waals surface area contributed by atoms with Gasteiger partial charge in [0.05, 0.1) is 12.3 Å². The van der Waals surface area contributed by atoms with E-state index in [1.54, 1.807) is 0 Å². The van der Waals surface area contributed by atoms with Crippen molar-refractivity contribution in [2.45, 2.75) is 13.3 Å². The van der Waals surface area contributed by atoms with Crippen molar-refractivity contribution in [3.05, 3.63) is 23.8 Å². The average molecular weight is 231 g/mol. The van der Waals surface area contributed by atoms with Crippen LogP contribution in [0.5, 0.6) is 5.75 Å². The molecule has 0 unspecified atom stereocenters. The van der Waals surface area contributed by atoms with E-state index in [0.29, 0.717) is 19.6 Å². The predicted molar refractivity (Wildman–Crippen MR) is 57.4 cm³/mol. The Hall–Kier alpha value is -1.36. The third-order valence-electron chi connectivity index (χ3n) is 1.95. The fourth-order valence-electron chi connectivity index (χ4n) is 1.14. The Morgan fingerprint density at radius 3 is 2.62 bits per heavy atom. The smallest absolute Gasteiger partial charge is 0.167 e. The summed E-state index contributed by atoms with van der Waals surface area (Å²) in [5.74, 6) is -1.46. The van der Waals surface area contributed by atoms with Gasteiger partial charge in [-0.25, -0.2) is 8.78 Å². The molecule has 90 valence electrons. The van der Waals surface area contributed by atoms with Crippen molar-refractivity contribution < 1.29 is 18.3 Å². The van der Waals surface area contributed by atoms with Gasteiger partial charge >= 0.3 is 0 Å². The van der Waals surface area contributed by atoms with Crippen molar-refractivity contribution in [3.8, 4) is 5.75 Å². The molecule has 0 bridgehead atoms. The third-order valence-corrected chi connectivity index (χ3v) is 1.95. The van der Waals surface area contributed by atoms with Crippen LogP contribution in [0.2, 0.25) is 0 Å². The summed E-state index contributed by atoms with van der Waals surface area (Å²) in [5, 5.41) is 0. The highest BCUT2D eigenvalue weighted by Gasteiger charge is 2.08. The van der Waals surface area contributed by atoms with Crippen LogP contribution in [0.25, 0.3) is 0 Å². The molecule has 0 spiro atoms. The second-order valence-electron chi connectivity index (χ2n) is 3.20. The van der Waals surface area contributed by atoms with Crippen LogP contribution >= 0.6 is 0 Å². The monoisotopic (exact) mass is 231 g/mol. The summed E-state index contributed by atoms with van der Waals surface area (Å²) in [6.07, 6.45) is 0.624. The molecule has 3 nitrogen and oxygen atoms in total. The minimum Gasteiger partial charge on any atom is -0.490 e. The lowest BCUT2D eigenvalue weighted by atomic mass is 10.3. The molecule has 0 saturated heterocycles. The van der Waals surface area contributed by atoms with Gasteiger partial charge in [-0.3, -0.25) is 0 Å². The van der Waals surface area contributed by atoms with E-state index >= 15 is 0 Å². The molecule has 0 saturated carbocycles. The maximum absolute atomic E-state index is 13.2. The first-order chi connectivity index (χ1) is 7.65. The Morgan fingerprint density at radius 2 is 1.94 bits per heavy atom. The second kappa shape index (κ2) is 6.27. The van der Waals surface area contributed by atoms with Gasteiger partial charge < -0.3 is 15.2 Å². The maximum atomic E-state index is 13.2. The number of rotatable bonds is 6. The van der Waals surface area contributed by atoms with Crippen LogP contribution in [0.15, 0.2) is 12.1 Å². The van der Waals surface area contributed by atoms with E-state index in [9.17, 15) is 8.78 Å². The molecule has 0 amide bonds. The predicted octanol–water partition coefficient (Wildman–Crippen LogP) is 2.35. The Kier molecular flexibility index (Phi) is 4.98. The molecule has 0 aliphatic carbocycles. The molecule has 2 N–H and O–H groups in total. The lowest BCUT2D eigenvalue weighted by molar-refractivity contribution is 0.130. The highest BCUT2D eigenvalue weighted by molar-refractivity contribution is 5.44. The number of nitrogen functional groups attached to an aromatic ring is 1. The highest BCUT2D eigenvalue weighted by Crippen LogP contribution is 2.22. The van der Waals surface area contributed by atoms with Crippen molar-refractivity contribution in [1.29, 1.82) is 0 Å². The van der Waals surface area contributed by atoms with Crippen LogP contribution in [0.4, 0.5) is 14.5 Å². The fourth-order valence-corrected chi connectivity index (χ4v) is 1.14. The minimum atomic E-state index is -0.679. The van der Waals surface area contributed by atoms with Crippen LogP contribution in [-0.2, 0) is 4.74 Å². The summed E-state index contributed by atoms with van der Waals surface area (Å²) < 4.78 is 36.3. The Balaban J connectivity index is 2.45. The molecule has 0 heterocycles. The van der Waals surface area contributed by atoms with Crippen molar-refractivity contribution in [1.82, 2.24) is 0 Å². The second-order valence-corrected chi connectivity index (χ2v) is 3.20. The molecule has 1 aromatic rings. The number of hydrogen-bond acceptors (Lipinski definition) is 3. The first-order valence-corrected chi connectivity index (χ1v) is 5.10. The van der Waals surface area contributed by atoms with E-state index in [2.05, 4.69) is 0 Å². The normalized spacial score (nSPS) is 10.4. The Labute approximate surface area is 93.2 Å². The lowest BCUT2D eigenvalue weighted by Crippen LogP contribution is -2.05. The maximum Gasteiger partial charge on any atom is 0.167 e. The first kappa shape index (κ1) is 12.7. The molecule has 0 fully saturated rings. The quantitative estimate of drug-likeness (QED) is 0.603. The van der Waals surface area contributed by atoms with Gasteiger partial charge in [-0.05, 0) is 6.92 Å². The molecule has 16 heavy (non-hydrogen) atoms. The zero-order chi connectivity index (χ0) is 12.0. The topological polar surface area (TPSA) is 44.5 Å². The van der Waals surface area contributed by atoms with E-state index in [1.807, 2.05) is 6.92 Å². The highest BCUT2D eigenvalue weighted by atomic mass is 19.1. The molecule has 0 radical (unpaired) electrons. The van der Waals surface area contributed by atoms with E-state index in [1.165, 1.54) is 0 Å². The zero-order valence-corrected chi connectivity index (χ0v) is 9.13. The summed E-state index contributed by atoms with van der Waals surface area (Å²) in [6, 6.07) is 1.86. The summed E-state index contributed by atoms with van der Waals surface area (Å²) in [5.41, 5.74) is 4.97. The first-order valence-electron chi connectivity index (χ1n) is 5.10. The van der Waals surface area contributed by atoms with Crippen LogP contribution in [0.1, 0.15) is 13.3 Å². The van der Waals surface area contributed by atoms with Gasteiger partial charge in [-0.1, -0.05) is 0 Å². The van der Waals surface area contributed by atoms with E-state index < -0.39 is 11.6 Å². The van der Waals surface area contributed by atoms with Crippen molar-refractivity contribution in [2.24, 2.45) is 0 Å². The van der Waals surface area contributed by atoms with Gasteiger partial charge in [0.1, 0.15) is 5.82 Å². The van der Waals surface area contributed by atoms with Gasteiger partial charge in [0.15, 0.2) is 11.6 Å². The van der Waals surface area contributed by atoms with Crippen LogP contribution in [0, 0.1) is 11.6 Å². The third kappa shape index (κ3) is 3.66. The summed E-state index contributed by atoms with van der Waals surface area (Å²) in [7, 11) is 0. The molecule has 0 aliphatic rings. The van der Waals surface area contributed by atoms with Gasteiger partial charge in [-0.15, -0.1) is 0 Å². The van der Waals surface area contributed by atoms with Crippen molar-refractivity contribution >= 4 is 5.69 Å². The van der Waals surface area contributed by atoms with E-state index in [4.69, 9.17) is 15.2 Å². The van der Waals surface area contributed by atoms with Gasteiger partial charge in [0, 0.05) is 31.8 Å². The summed E-state index contributed by atoms with van der Waals surface area (Å²) in [6.45, 7) is 3.33. The number of anilines is 1. The van der Waals surface area contributed by atoms with Crippen LogP contribution in [-0.4, -0.2) is 19.8 Å². The van der Waals surface area contributed by atoms with E-state index in [0.717, 1.165) is 12.1 Å². The van der Waals surface area contributed by atoms with Crippen LogP contribution < -0.4 is 10.5 Å². The standard InChI is InChI=1S/C11H15F2NO2/c1-2-15-4-3-5-16-11-7-8(12)10(14)6-9(11)13/h6-7H,2-5,14H2,1H3. The fraction of sp³-hybridized carbons (Fsp3) is 0.455. The summed E-state index contributed by atoms with van der Waals surface area (Å²) >= 11 is 0. The number of nitrogens with two attached hydrogens (primary N) is 1. The molecular formula is C11H15F2NO2.